The highest BCUT2D eigenvalue weighted by atomic mass is 79.9. The zero-order valence-corrected chi connectivity index (χ0v) is 10.9. The molecule has 0 bridgehead atoms. The number of aldehydes is 1. The summed E-state index contributed by atoms with van der Waals surface area (Å²) in [4.78, 5) is 10.6. The van der Waals surface area contributed by atoms with Crippen molar-refractivity contribution in [2.45, 2.75) is 6.92 Å². The van der Waals surface area contributed by atoms with Crippen molar-refractivity contribution in [1.29, 1.82) is 0 Å². The summed E-state index contributed by atoms with van der Waals surface area (Å²) in [6.07, 6.45) is 0.682. The molecule has 0 spiro atoms. The number of rotatable bonds is 4. The van der Waals surface area contributed by atoms with Crippen LogP contribution in [0.15, 0.2) is 39.2 Å². The molecule has 1 heterocycles. The van der Waals surface area contributed by atoms with Gasteiger partial charge in [0.05, 0.1) is 12.2 Å². The summed E-state index contributed by atoms with van der Waals surface area (Å²) < 4.78 is 11.8. The Labute approximate surface area is 108 Å². The smallest absolute Gasteiger partial charge is 0.185 e. The maximum Gasteiger partial charge on any atom is 0.185 e. The molecule has 0 aliphatic rings. The van der Waals surface area contributed by atoms with Gasteiger partial charge in [0.2, 0.25) is 0 Å². The van der Waals surface area contributed by atoms with Gasteiger partial charge in [0.1, 0.15) is 11.5 Å². The van der Waals surface area contributed by atoms with Crippen LogP contribution in [0.1, 0.15) is 17.5 Å². The topological polar surface area (TPSA) is 39.4 Å². The van der Waals surface area contributed by atoms with Gasteiger partial charge < -0.3 is 9.15 Å². The minimum absolute atomic E-state index is 0.308. The molecule has 0 aliphatic carbocycles. The van der Waals surface area contributed by atoms with Gasteiger partial charge in [0.15, 0.2) is 12.0 Å². The average Bonchev–Trinajstić information content (AvgIpc) is 2.80. The summed E-state index contributed by atoms with van der Waals surface area (Å²) in [5.74, 6) is 1.67. The van der Waals surface area contributed by atoms with Crippen molar-refractivity contribution < 1.29 is 13.9 Å². The van der Waals surface area contributed by atoms with Crippen molar-refractivity contribution in [2.24, 2.45) is 0 Å². The van der Waals surface area contributed by atoms with Crippen molar-refractivity contribution in [3.63, 3.8) is 0 Å². The molecular weight excluding hydrogens is 284 g/mol. The molecule has 17 heavy (non-hydrogen) atoms. The first-order valence-electron chi connectivity index (χ1n) is 5.22. The van der Waals surface area contributed by atoms with Crippen LogP contribution < -0.4 is 4.74 Å². The second kappa shape index (κ2) is 5.19. The molecule has 0 N–H and O–H groups in total. The summed E-state index contributed by atoms with van der Waals surface area (Å²) in [5, 5.41) is 0. The van der Waals surface area contributed by atoms with E-state index in [1.807, 2.05) is 25.1 Å². The summed E-state index contributed by atoms with van der Waals surface area (Å²) in [5.41, 5.74) is 0.828. The van der Waals surface area contributed by atoms with Crippen LogP contribution in [0.2, 0.25) is 0 Å². The van der Waals surface area contributed by atoms with Crippen molar-refractivity contribution in [3.05, 3.63) is 40.6 Å². The lowest BCUT2D eigenvalue weighted by Gasteiger charge is -2.08. The second-order valence-corrected chi connectivity index (χ2v) is 4.31. The van der Waals surface area contributed by atoms with E-state index in [2.05, 4.69) is 15.9 Å². The molecule has 0 unspecified atom stereocenters. The van der Waals surface area contributed by atoms with E-state index in [0.29, 0.717) is 24.4 Å². The summed E-state index contributed by atoms with van der Waals surface area (Å²) >= 11 is 3.40. The highest BCUT2D eigenvalue weighted by molar-refractivity contribution is 9.10. The molecular formula is C13H11BrO3. The van der Waals surface area contributed by atoms with Crippen molar-refractivity contribution >= 4 is 22.2 Å². The van der Waals surface area contributed by atoms with Gasteiger partial charge in [-0.3, -0.25) is 4.79 Å². The lowest BCUT2D eigenvalue weighted by atomic mass is 10.1. The van der Waals surface area contributed by atoms with Crippen LogP contribution in [0.5, 0.6) is 5.75 Å². The zero-order valence-electron chi connectivity index (χ0n) is 9.27. The highest BCUT2D eigenvalue weighted by Crippen LogP contribution is 2.33. The molecule has 88 valence electrons. The molecule has 1 aromatic heterocycles. The van der Waals surface area contributed by atoms with E-state index in [1.165, 1.54) is 0 Å². The molecule has 0 amide bonds. The van der Waals surface area contributed by atoms with E-state index in [-0.39, 0.29) is 0 Å². The molecule has 0 saturated heterocycles. The zero-order chi connectivity index (χ0) is 12.3. The maximum atomic E-state index is 10.6. The highest BCUT2D eigenvalue weighted by Gasteiger charge is 2.11. The Bertz CT molecular complexity index is 531. The predicted molar refractivity (Wildman–Crippen MR) is 68.4 cm³/mol. The van der Waals surface area contributed by atoms with Crippen molar-refractivity contribution in [1.82, 2.24) is 0 Å². The molecule has 2 aromatic rings. The van der Waals surface area contributed by atoms with E-state index in [9.17, 15) is 4.79 Å². The molecule has 1 aromatic carbocycles. The van der Waals surface area contributed by atoms with Crippen LogP contribution in [0.3, 0.4) is 0 Å². The molecule has 0 atom stereocenters. The Morgan fingerprint density at radius 2 is 2.18 bits per heavy atom. The number of carbonyl (C=O) groups is 1. The normalized spacial score (nSPS) is 10.2. The van der Waals surface area contributed by atoms with Gasteiger partial charge in [0, 0.05) is 4.47 Å². The average molecular weight is 295 g/mol. The molecule has 0 saturated carbocycles. The first-order valence-corrected chi connectivity index (χ1v) is 6.01. The van der Waals surface area contributed by atoms with E-state index < -0.39 is 0 Å². The quantitative estimate of drug-likeness (QED) is 0.802. The third-order valence-corrected chi connectivity index (χ3v) is 2.74. The lowest BCUT2D eigenvalue weighted by molar-refractivity contribution is 0.110. The van der Waals surface area contributed by atoms with Gasteiger partial charge in [-0.05, 0) is 37.3 Å². The number of hydrogen-bond donors (Lipinski definition) is 0. The number of hydrogen-bond acceptors (Lipinski definition) is 3. The standard InChI is InChI=1S/C13H11BrO3/c1-2-16-12-5-3-9(14)7-11(12)13-6-4-10(8-15)17-13/h3-8H,2H2,1H3. The van der Waals surface area contributed by atoms with Crippen molar-refractivity contribution in [2.75, 3.05) is 6.61 Å². The molecule has 0 fully saturated rings. The Morgan fingerprint density at radius 1 is 1.35 bits per heavy atom. The minimum Gasteiger partial charge on any atom is -0.493 e. The fourth-order valence-corrected chi connectivity index (χ4v) is 1.90. The van der Waals surface area contributed by atoms with Gasteiger partial charge in [-0.15, -0.1) is 0 Å². The lowest BCUT2D eigenvalue weighted by Crippen LogP contribution is -1.93. The van der Waals surface area contributed by atoms with Crippen LogP contribution in [0, 0.1) is 0 Å². The Balaban J connectivity index is 2.48. The summed E-state index contributed by atoms with van der Waals surface area (Å²) in [7, 11) is 0. The van der Waals surface area contributed by atoms with Crippen LogP contribution in [-0.4, -0.2) is 12.9 Å². The first kappa shape index (κ1) is 11.9. The Morgan fingerprint density at radius 3 is 2.82 bits per heavy atom. The largest absolute Gasteiger partial charge is 0.493 e. The van der Waals surface area contributed by atoms with Gasteiger partial charge >= 0.3 is 0 Å². The van der Waals surface area contributed by atoms with Crippen LogP contribution in [0.25, 0.3) is 11.3 Å². The molecule has 3 nitrogen and oxygen atoms in total. The van der Waals surface area contributed by atoms with E-state index >= 15 is 0 Å². The van der Waals surface area contributed by atoms with Crippen LogP contribution in [-0.2, 0) is 0 Å². The molecule has 0 radical (unpaired) electrons. The van der Waals surface area contributed by atoms with Gasteiger partial charge in [-0.1, -0.05) is 15.9 Å². The van der Waals surface area contributed by atoms with E-state index in [0.717, 1.165) is 15.8 Å². The fraction of sp³-hybridized carbons (Fsp3) is 0.154. The summed E-state index contributed by atoms with van der Waals surface area (Å²) in [6.45, 7) is 2.50. The van der Waals surface area contributed by atoms with Crippen molar-refractivity contribution in [3.8, 4) is 17.1 Å². The third-order valence-electron chi connectivity index (χ3n) is 2.25. The molecule has 2 rings (SSSR count). The molecule has 0 aliphatic heterocycles. The van der Waals surface area contributed by atoms with E-state index in [1.54, 1.807) is 12.1 Å². The predicted octanol–water partition coefficient (Wildman–Crippen LogP) is 3.92. The number of carbonyl (C=O) groups excluding carboxylic acids is 1. The third kappa shape index (κ3) is 2.58. The Kier molecular flexibility index (Phi) is 3.64. The monoisotopic (exact) mass is 294 g/mol. The second-order valence-electron chi connectivity index (χ2n) is 3.39. The van der Waals surface area contributed by atoms with Crippen LogP contribution >= 0.6 is 15.9 Å². The Hall–Kier alpha value is -1.55. The number of ether oxygens (including phenoxy) is 1. The number of benzene rings is 1. The SMILES string of the molecule is CCOc1ccc(Br)cc1-c1ccc(C=O)o1. The van der Waals surface area contributed by atoms with Crippen LogP contribution in [0.4, 0.5) is 0 Å². The van der Waals surface area contributed by atoms with Gasteiger partial charge in [0.25, 0.3) is 0 Å². The fourth-order valence-electron chi connectivity index (χ4n) is 1.54. The number of furan rings is 1. The van der Waals surface area contributed by atoms with E-state index in [4.69, 9.17) is 9.15 Å². The maximum absolute atomic E-state index is 10.6. The van der Waals surface area contributed by atoms with Gasteiger partial charge in [-0.25, -0.2) is 0 Å². The first-order chi connectivity index (χ1) is 8.24. The van der Waals surface area contributed by atoms with Gasteiger partial charge in [-0.2, -0.15) is 0 Å². The minimum atomic E-state index is 0.308. The number of halogens is 1. The molecule has 4 heteroatoms. The summed E-state index contributed by atoms with van der Waals surface area (Å²) in [6, 6.07) is 9.06.